The number of carbonyl (C=O) groups is 1. The molecule has 0 aromatic rings. The third-order valence-electron chi connectivity index (χ3n) is 2.91. The van der Waals surface area contributed by atoms with E-state index in [2.05, 4.69) is 24.0 Å². The Bertz CT molecular complexity index is 368. The number of alkyl halides is 3. The molecule has 0 bridgehead atoms. The Morgan fingerprint density at radius 3 is 2.58 bits per heavy atom. The lowest BCUT2D eigenvalue weighted by Crippen LogP contribution is -2.46. The molecule has 1 fully saturated rings. The van der Waals surface area contributed by atoms with Gasteiger partial charge in [-0.1, -0.05) is 18.2 Å². The van der Waals surface area contributed by atoms with Gasteiger partial charge in [-0.15, -0.1) is 6.58 Å². The molecule has 19 heavy (non-hydrogen) atoms. The summed E-state index contributed by atoms with van der Waals surface area (Å²) in [4.78, 5) is 8.90. The molecule has 0 saturated carbocycles. The van der Waals surface area contributed by atoms with Gasteiger partial charge in [-0.25, -0.2) is 4.79 Å². The monoisotopic (exact) mass is 279 g/mol. The quantitative estimate of drug-likeness (QED) is 0.720. The van der Waals surface area contributed by atoms with E-state index in [9.17, 15) is 13.2 Å². The highest BCUT2D eigenvalue weighted by Crippen LogP contribution is 2.27. The van der Waals surface area contributed by atoms with Crippen LogP contribution in [0.15, 0.2) is 24.8 Å². The minimum atomic E-state index is -5.08. The van der Waals surface area contributed by atoms with Crippen LogP contribution in [0.1, 0.15) is 12.8 Å². The number of carboxylic acid groups (broad SMARTS) is 1. The maximum atomic E-state index is 10.6. The lowest BCUT2D eigenvalue weighted by Gasteiger charge is -2.29. The van der Waals surface area contributed by atoms with E-state index in [1.165, 1.54) is 12.8 Å². The Balaban J connectivity index is 0.000000224. The standard InChI is InChI=1S/C10H15NO.C2HF3O2/c1-2-9-4-6-10(11-9)5-3-7-12-8-10;3-2(4,5)1(6)7/h2-3,5,9,11H,1,4,6-8H2;(H,6,7)/t9-,10+;/m0./s1. The summed E-state index contributed by atoms with van der Waals surface area (Å²) in [5, 5.41) is 10.7. The molecule has 0 aliphatic carbocycles. The molecule has 0 amide bonds. The zero-order valence-corrected chi connectivity index (χ0v) is 10.2. The van der Waals surface area contributed by atoms with Gasteiger partial charge in [0.1, 0.15) is 0 Å². The van der Waals surface area contributed by atoms with Gasteiger partial charge in [0.05, 0.1) is 18.8 Å². The normalized spacial score (nSPS) is 29.7. The van der Waals surface area contributed by atoms with Crippen molar-refractivity contribution in [2.24, 2.45) is 0 Å². The van der Waals surface area contributed by atoms with E-state index in [4.69, 9.17) is 14.6 Å². The summed E-state index contributed by atoms with van der Waals surface area (Å²) in [5.74, 6) is -2.76. The van der Waals surface area contributed by atoms with Crippen LogP contribution >= 0.6 is 0 Å². The van der Waals surface area contributed by atoms with Crippen molar-refractivity contribution in [3.63, 3.8) is 0 Å². The highest BCUT2D eigenvalue weighted by molar-refractivity contribution is 5.73. The summed E-state index contributed by atoms with van der Waals surface area (Å²) in [6.45, 7) is 5.37. The Hall–Kier alpha value is -1.34. The lowest BCUT2D eigenvalue weighted by atomic mass is 9.97. The number of halogens is 3. The molecule has 0 aromatic heterocycles. The van der Waals surface area contributed by atoms with Crippen molar-refractivity contribution >= 4 is 5.97 Å². The lowest BCUT2D eigenvalue weighted by molar-refractivity contribution is -0.192. The molecule has 4 nitrogen and oxygen atoms in total. The maximum Gasteiger partial charge on any atom is 0.490 e. The molecule has 2 heterocycles. The SMILES string of the molecule is C=C[C@H]1CC[C@@]2(C=CCOC2)N1.O=C(O)C(F)(F)F. The smallest absolute Gasteiger partial charge is 0.475 e. The Kier molecular flexibility index (Phi) is 5.13. The Morgan fingerprint density at radius 1 is 1.58 bits per heavy atom. The van der Waals surface area contributed by atoms with Crippen LogP contribution in [0.4, 0.5) is 13.2 Å². The molecule has 0 aromatic carbocycles. The van der Waals surface area contributed by atoms with E-state index in [0.717, 1.165) is 13.2 Å². The van der Waals surface area contributed by atoms with Gasteiger partial charge in [-0.3, -0.25) is 5.32 Å². The van der Waals surface area contributed by atoms with Gasteiger partial charge in [-0.2, -0.15) is 13.2 Å². The number of aliphatic carboxylic acids is 1. The van der Waals surface area contributed by atoms with Crippen LogP contribution in [-0.2, 0) is 9.53 Å². The van der Waals surface area contributed by atoms with Gasteiger partial charge < -0.3 is 9.84 Å². The van der Waals surface area contributed by atoms with Gasteiger partial charge in [0.15, 0.2) is 0 Å². The van der Waals surface area contributed by atoms with E-state index < -0.39 is 12.1 Å². The minimum Gasteiger partial charge on any atom is -0.475 e. The fourth-order valence-corrected chi connectivity index (χ4v) is 1.98. The largest absolute Gasteiger partial charge is 0.490 e. The van der Waals surface area contributed by atoms with Gasteiger partial charge in [0, 0.05) is 6.04 Å². The molecule has 0 unspecified atom stereocenters. The second-order valence-corrected chi connectivity index (χ2v) is 4.40. The van der Waals surface area contributed by atoms with E-state index in [1.54, 1.807) is 0 Å². The maximum absolute atomic E-state index is 10.6. The first-order valence-corrected chi connectivity index (χ1v) is 5.75. The molecule has 2 atom stereocenters. The first-order valence-electron chi connectivity index (χ1n) is 5.75. The predicted octanol–water partition coefficient (Wildman–Crippen LogP) is 1.88. The molecular weight excluding hydrogens is 263 g/mol. The predicted molar refractivity (Wildman–Crippen MR) is 62.7 cm³/mol. The number of nitrogens with one attached hydrogen (secondary N) is 1. The molecule has 2 aliphatic rings. The van der Waals surface area contributed by atoms with Gasteiger partial charge >= 0.3 is 12.1 Å². The fraction of sp³-hybridized carbons (Fsp3) is 0.583. The summed E-state index contributed by atoms with van der Waals surface area (Å²) in [7, 11) is 0. The second-order valence-electron chi connectivity index (χ2n) is 4.40. The van der Waals surface area contributed by atoms with Crippen LogP contribution in [0, 0.1) is 0 Å². The van der Waals surface area contributed by atoms with Crippen LogP contribution in [0.25, 0.3) is 0 Å². The van der Waals surface area contributed by atoms with E-state index in [-0.39, 0.29) is 5.54 Å². The third kappa shape index (κ3) is 4.68. The Morgan fingerprint density at radius 2 is 2.21 bits per heavy atom. The zero-order chi connectivity index (χ0) is 14.5. The van der Waals surface area contributed by atoms with E-state index in [0.29, 0.717) is 6.04 Å². The molecular formula is C12H16F3NO3. The molecule has 1 saturated heterocycles. The first kappa shape index (κ1) is 15.7. The molecule has 108 valence electrons. The second kappa shape index (κ2) is 6.21. The summed E-state index contributed by atoms with van der Waals surface area (Å²) in [6, 6.07) is 0.469. The van der Waals surface area contributed by atoms with Crippen molar-refractivity contribution in [1.82, 2.24) is 5.32 Å². The van der Waals surface area contributed by atoms with Crippen LogP contribution in [0.5, 0.6) is 0 Å². The third-order valence-corrected chi connectivity index (χ3v) is 2.91. The number of ether oxygens (including phenoxy) is 1. The number of rotatable bonds is 1. The average molecular weight is 279 g/mol. The van der Waals surface area contributed by atoms with Crippen molar-refractivity contribution in [3.8, 4) is 0 Å². The topological polar surface area (TPSA) is 58.6 Å². The highest BCUT2D eigenvalue weighted by Gasteiger charge is 2.38. The summed E-state index contributed by atoms with van der Waals surface area (Å²) in [6.07, 6.45) is 3.59. The molecule has 0 radical (unpaired) electrons. The van der Waals surface area contributed by atoms with Gasteiger partial charge in [-0.05, 0) is 12.8 Å². The minimum absolute atomic E-state index is 0.122. The van der Waals surface area contributed by atoms with Crippen LogP contribution < -0.4 is 5.32 Å². The molecule has 2 aliphatic heterocycles. The summed E-state index contributed by atoms with van der Waals surface area (Å²) < 4.78 is 37.2. The summed E-state index contributed by atoms with van der Waals surface area (Å²) >= 11 is 0. The van der Waals surface area contributed by atoms with Crippen LogP contribution in [0.2, 0.25) is 0 Å². The number of carboxylic acids is 1. The van der Waals surface area contributed by atoms with Gasteiger partial charge in [0.25, 0.3) is 0 Å². The average Bonchev–Trinajstić information content (AvgIpc) is 2.73. The van der Waals surface area contributed by atoms with Crippen molar-refractivity contribution in [2.75, 3.05) is 13.2 Å². The zero-order valence-electron chi connectivity index (χ0n) is 10.2. The Labute approximate surface area is 108 Å². The van der Waals surface area contributed by atoms with Crippen molar-refractivity contribution in [3.05, 3.63) is 24.8 Å². The number of hydrogen-bond acceptors (Lipinski definition) is 3. The molecule has 2 N–H and O–H groups in total. The first-order chi connectivity index (χ1) is 8.79. The van der Waals surface area contributed by atoms with Crippen LogP contribution in [-0.4, -0.2) is 42.0 Å². The fourth-order valence-electron chi connectivity index (χ4n) is 1.98. The van der Waals surface area contributed by atoms with Crippen LogP contribution in [0.3, 0.4) is 0 Å². The highest BCUT2D eigenvalue weighted by atomic mass is 19.4. The van der Waals surface area contributed by atoms with E-state index in [1.807, 2.05) is 6.08 Å². The molecule has 1 spiro atoms. The van der Waals surface area contributed by atoms with Crippen molar-refractivity contribution < 1.29 is 27.8 Å². The van der Waals surface area contributed by atoms with Crippen molar-refractivity contribution in [1.29, 1.82) is 0 Å². The van der Waals surface area contributed by atoms with Gasteiger partial charge in [0.2, 0.25) is 0 Å². The molecule has 7 heteroatoms. The molecule has 2 rings (SSSR count). The number of hydrogen-bond donors (Lipinski definition) is 2. The van der Waals surface area contributed by atoms with E-state index >= 15 is 0 Å². The van der Waals surface area contributed by atoms with Crippen molar-refractivity contribution in [2.45, 2.75) is 30.6 Å². The summed E-state index contributed by atoms with van der Waals surface area (Å²) in [5.41, 5.74) is 0.122.